The first kappa shape index (κ1) is 25.8. The molecule has 0 spiro atoms. The zero-order valence-electron chi connectivity index (χ0n) is 15.5. The normalized spacial score (nSPS) is 11.4. The Bertz CT molecular complexity index is 712. The summed E-state index contributed by atoms with van der Waals surface area (Å²) in [6.45, 7) is 0.0263. The number of aliphatic carboxylic acids is 3. The summed E-state index contributed by atoms with van der Waals surface area (Å²) in [7, 11) is 0. The Balaban J connectivity index is 0.00000729. The number of carboxylic acid groups (broad SMARTS) is 3. The van der Waals surface area contributed by atoms with Crippen LogP contribution >= 0.6 is 0 Å². The second-order valence-corrected chi connectivity index (χ2v) is 5.66. The van der Waals surface area contributed by atoms with Crippen molar-refractivity contribution < 1.29 is 69.2 Å². The fourth-order valence-corrected chi connectivity index (χ4v) is 2.35. The van der Waals surface area contributed by atoms with E-state index in [1.807, 2.05) is 0 Å². The van der Waals surface area contributed by atoms with Crippen molar-refractivity contribution >= 4 is 29.5 Å². The van der Waals surface area contributed by atoms with Gasteiger partial charge in [-0.3, -0.25) is 19.3 Å². The van der Waals surface area contributed by atoms with Crippen molar-refractivity contribution in [2.24, 2.45) is 0 Å². The Kier molecular flexibility index (Phi) is 11.4. The van der Waals surface area contributed by atoms with Crippen LogP contribution in [0.2, 0.25) is 0 Å². The summed E-state index contributed by atoms with van der Waals surface area (Å²) in [4.78, 5) is 45.2. The van der Waals surface area contributed by atoms with E-state index in [1.165, 1.54) is 25.1 Å². The molecule has 1 amide bonds. The monoisotopic (exact) mass is 405 g/mol. The number of hydrogen-bond donors (Lipinski definition) is 5. The van der Waals surface area contributed by atoms with Gasteiger partial charge >= 0.3 is 41.5 Å². The van der Waals surface area contributed by atoms with E-state index in [9.17, 15) is 29.4 Å². The van der Waals surface area contributed by atoms with Crippen LogP contribution in [0.4, 0.5) is 5.69 Å². The van der Waals surface area contributed by atoms with Gasteiger partial charge in [0, 0.05) is 31.3 Å². The maximum absolute atomic E-state index is 11.4. The Morgan fingerprint density at radius 1 is 1.14 bits per heavy atom. The van der Waals surface area contributed by atoms with Gasteiger partial charge in [-0.15, -0.1) is 0 Å². The molecular formula is C16H20N3NaO8. The zero-order chi connectivity index (χ0) is 20.6. The molecular weight excluding hydrogens is 385 g/mol. The number of benzene rings is 1. The van der Waals surface area contributed by atoms with E-state index in [4.69, 9.17) is 10.2 Å². The molecule has 1 aromatic rings. The van der Waals surface area contributed by atoms with Crippen LogP contribution in [0.3, 0.4) is 0 Å². The molecule has 0 bridgehead atoms. The van der Waals surface area contributed by atoms with Crippen LogP contribution in [0.25, 0.3) is 0 Å². The summed E-state index contributed by atoms with van der Waals surface area (Å²) < 4.78 is 0. The van der Waals surface area contributed by atoms with Crippen molar-refractivity contribution in [3.63, 3.8) is 0 Å². The molecule has 0 fully saturated rings. The number of amides is 1. The predicted molar refractivity (Wildman–Crippen MR) is 89.9 cm³/mol. The number of phenols is 1. The third-order valence-corrected chi connectivity index (χ3v) is 3.39. The van der Waals surface area contributed by atoms with Gasteiger partial charge in [-0.05, 0) is 18.2 Å². The van der Waals surface area contributed by atoms with Crippen molar-refractivity contribution in [2.45, 2.75) is 13.0 Å². The third kappa shape index (κ3) is 9.15. The second kappa shape index (κ2) is 12.3. The Hall–Kier alpha value is -2.18. The maximum Gasteiger partial charge on any atom is 1.00 e. The molecule has 1 rings (SSSR count). The standard InChI is InChI=1S/C16H21N3O8.Na/c1-9(20)18-10-2-3-12(21)11(6-10)15(16(26)27)17-4-5-19(7-13(22)23)8-14(24)25;/h2-3,6,15,17,21H,4-5,7-8H2,1H3,(H,18,20)(H,22,23)(H,24,25)(H,26,27);/q;+1/p-1. The van der Waals surface area contributed by atoms with Crippen molar-refractivity contribution in [1.82, 2.24) is 10.2 Å². The molecule has 148 valence electrons. The number of anilines is 1. The van der Waals surface area contributed by atoms with Crippen molar-refractivity contribution in [1.29, 1.82) is 0 Å². The zero-order valence-corrected chi connectivity index (χ0v) is 17.5. The first-order chi connectivity index (χ1) is 12.6. The molecule has 5 N–H and O–H groups in total. The van der Waals surface area contributed by atoms with E-state index in [2.05, 4.69) is 10.6 Å². The van der Waals surface area contributed by atoms with Crippen LogP contribution in [0.1, 0.15) is 18.5 Å². The van der Waals surface area contributed by atoms with E-state index in [-0.39, 0.29) is 65.6 Å². The van der Waals surface area contributed by atoms with Gasteiger partial charge in [0.2, 0.25) is 5.91 Å². The first-order valence-corrected chi connectivity index (χ1v) is 7.80. The molecule has 0 aliphatic heterocycles. The van der Waals surface area contributed by atoms with E-state index in [0.29, 0.717) is 0 Å². The summed E-state index contributed by atoms with van der Waals surface area (Å²) in [6, 6.07) is 2.39. The van der Waals surface area contributed by atoms with Crippen molar-refractivity contribution in [3.8, 4) is 5.75 Å². The molecule has 1 unspecified atom stereocenters. The van der Waals surface area contributed by atoms with Crippen LogP contribution in [-0.4, -0.2) is 70.2 Å². The minimum Gasteiger partial charge on any atom is -0.548 e. The number of carbonyl (C=O) groups is 4. The molecule has 0 heterocycles. The van der Waals surface area contributed by atoms with Gasteiger partial charge in [-0.1, -0.05) is 0 Å². The largest absolute Gasteiger partial charge is 1.00 e. The van der Waals surface area contributed by atoms with Crippen LogP contribution < -0.4 is 45.3 Å². The molecule has 1 atom stereocenters. The molecule has 0 aliphatic carbocycles. The number of nitrogens with one attached hydrogen (secondary N) is 2. The number of carbonyl (C=O) groups excluding carboxylic acids is 2. The SMILES string of the molecule is CC(=O)Nc1ccc(O)c(C(NCCN(CC(=O)O)CC(=O)O)C(=O)[O-])c1.[Na+]. The number of phenolic OH excluding ortho intramolecular Hbond substituents is 1. The van der Waals surface area contributed by atoms with Gasteiger partial charge in [0.1, 0.15) is 5.75 Å². The fraction of sp³-hybridized carbons (Fsp3) is 0.375. The van der Waals surface area contributed by atoms with Crippen LogP contribution in [0.5, 0.6) is 5.75 Å². The first-order valence-electron chi connectivity index (χ1n) is 7.80. The number of hydrogen-bond acceptors (Lipinski definition) is 8. The van der Waals surface area contributed by atoms with Gasteiger partial charge in [0.05, 0.1) is 25.1 Å². The average Bonchev–Trinajstić information content (AvgIpc) is 2.51. The Labute approximate surface area is 182 Å². The van der Waals surface area contributed by atoms with E-state index in [1.54, 1.807) is 0 Å². The summed E-state index contributed by atoms with van der Waals surface area (Å²) in [6.07, 6.45) is 0. The van der Waals surface area contributed by atoms with Crippen molar-refractivity contribution in [2.75, 3.05) is 31.5 Å². The second-order valence-electron chi connectivity index (χ2n) is 5.66. The van der Waals surface area contributed by atoms with Crippen LogP contribution in [-0.2, 0) is 19.2 Å². The molecule has 12 heteroatoms. The average molecular weight is 405 g/mol. The molecule has 11 nitrogen and oxygen atoms in total. The van der Waals surface area contributed by atoms with Gasteiger partial charge in [-0.2, -0.15) is 0 Å². The minimum absolute atomic E-state index is 0. The Morgan fingerprint density at radius 3 is 2.18 bits per heavy atom. The third-order valence-electron chi connectivity index (χ3n) is 3.39. The van der Waals surface area contributed by atoms with Crippen LogP contribution in [0, 0.1) is 0 Å². The summed E-state index contributed by atoms with van der Waals surface area (Å²) in [5, 5.41) is 44.0. The molecule has 0 saturated heterocycles. The van der Waals surface area contributed by atoms with Gasteiger partial charge in [0.25, 0.3) is 0 Å². The summed E-state index contributed by atoms with van der Waals surface area (Å²) in [5.74, 6) is -4.75. The van der Waals surface area contributed by atoms with E-state index < -0.39 is 37.0 Å². The number of aromatic hydroxyl groups is 1. The summed E-state index contributed by atoms with van der Waals surface area (Å²) in [5.41, 5.74) is 0.200. The smallest absolute Gasteiger partial charge is 0.548 e. The fourth-order valence-electron chi connectivity index (χ4n) is 2.35. The Morgan fingerprint density at radius 2 is 1.71 bits per heavy atom. The van der Waals surface area contributed by atoms with Gasteiger partial charge in [-0.25, -0.2) is 0 Å². The topological polar surface area (TPSA) is 179 Å². The molecule has 0 aliphatic rings. The number of carboxylic acids is 3. The molecule has 0 saturated carbocycles. The van der Waals surface area contributed by atoms with Crippen molar-refractivity contribution in [3.05, 3.63) is 23.8 Å². The quantitative estimate of drug-likeness (QED) is 0.177. The van der Waals surface area contributed by atoms with Gasteiger partial charge < -0.3 is 35.9 Å². The van der Waals surface area contributed by atoms with E-state index >= 15 is 0 Å². The van der Waals surface area contributed by atoms with Gasteiger partial charge in [0.15, 0.2) is 0 Å². The molecule has 28 heavy (non-hydrogen) atoms. The molecule has 1 aromatic carbocycles. The summed E-state index contributed by atoms with van der Waals surface area (Å²) >= 11 is 0. The van der Waals surface area contributed by atoms with Crippen LogP contribution in [0.15, 0.2) is 18.2 Å². The number of nitrogens with zero attached hydrogens (tertiary/aromatic N) is 1. The predicted octanol–water partition coefficient (Wildman–Crippen LogP) is -4.79. The maximum atomic E-state index is 11.4. The molecule has 0 aromatic heterocycles. The molecule has 0 radical (unpaired) electrons. The minimum atomic E-state index is -1.56. The van der Waals surface area contributed by atoms with E-state index in [0.717, 1.165) is 4.90 Å². The number of rotatable bonds is 11.